The first kappa shape index (κ1) is 15.4. The van der Waals surface area contributed by atoms with Crippen LogP contribution in [0.4, 0.5) is 5.69 Å². The van der Waals surface area contributed by atoms with Crippen LogP contribution in [0.15, 0.2) is 27.7 Å². The van der Waals surface area contributed by atoms with E-state index < -0.39 is 0 Å². The Morgan fingerprint density at radius 2 is 2.23 bits per heavy atom. The van der Waals surface area contributed by atoms with Gasteiger partial charge in [0.2, 0.25) is 0 Å². The number of nitrogens with one attached hydrogen (secondary N) is 1. The van der Waals surface area contributed by atoms with Crippen molar-refractivity contribution in [3.8, 4) is 0 Å². The van der Waals surface area contributed by atoms with Crippen molar-refractivity contribution in [3.63, 3.8) is 0 Å². The normalized spacial score (nSPS) is 14.1. The molecule has 22 heavy (non-hydrogen) atoms. The molecule has 0 radical (unpaired) electrons. The molecule has 0 bridgehead atoms. The van der Waals surface area contributed by atoms with Crippen LogP contribution in [0.25, 0.3) is 0 Å². The number of carbonyl (C=O) groups is 1. The third kappa shape index (κ3) is 2.75. The van der Waals surface area contributed by atoms with Gasteiger partial charge in [-0.1, -0.05) is 16.8 Å². The van der Waals surface area contributed by atoms with Gasteiger partial charge in [-0.2, -0.15) is 0 Å². The maximum atomic E-state index is 12.9. The van der Waals surface area contributed by atoms with Crippen LogP contribution in [0, 0.1) is 0 Å². The Morgan fingerprint density at radius 3 is 2.86 bits per heavy atom. The van der Waals surface area contributed by atoms with Gasteiger partial charge in [-0.25, -0.2) is 0 Å². The Balaban J connectivity index is 2.04. The molecule has 3 rings (SSSR count). The molecule has 1 heterocycles. The number of halogens is 1. The van der Waals surface area contributed by atoms with Crippen LogP contribution in [-0.4, -0.2) is 23.7 Å². The molecule has 1 aliphatic carbocycles. The summed E-state index contributed by atoms with van der Waals surface area (Å²) in [5.41, 5.74) is 1.80. The fourth-order valence-corrected chi connectivity index (χ4v) is 3.41. The van der Waals surface area contributed by atoms with E-state index in [1.807, 2.05) is 25.3 Å². The molecule has 0 atom stereocenters. The summed E-state index contributed by atoms with van der Waals surface area (Å²) in [6.45, 7) is 2.67. The lowest BCUT2D eigenvalue weighted by atomic mass is 10.0. The zero-order valence-corrected chi connectivity index (χ0v) is 14.1. The first-order valence-electron chi connectivity index (χ1n) is 7.27. The highest BCUT2D eigenvalue weighted by Gasteiger charge is 2.33. The number of hydrogen-bond acceptors (Lipinski definition) is 5. The second-order valence-electron chi connectivity index (χ2n) is 5.24. The molecular weight excluding hydrogens is 320 g/mol. The number of rotatable bonds is 6. The number of nitrogens with zero attached hydrogens (tertiary/aromatic N) is 1. The van der Waals surface area contributed by atoms with Crippen LogP contribution in [0.1, 0.15) is 47.4 Å². The van der Waals surface area contributed by atoms with Gasteiger partial charge in [-0.3, -0.25) is 4.79 Å². The highest BCUT2D eigenvalue weighted by atomic mass is 35.5. The van der Waals surface area contributed by atoms with Gasteiger partial charge in [-0.15, -0.1) is 11.8 Å². The first-order valence-corrected chi connectivity index (χ1v) is 8.87. The van der Waals surface area contributed by atoms with Crippen molar-refractivity contribution in [1.29, 1.82) is 0 Å². The highest BCUT2D eigenvalue weighted by molar-refractivity contribution is 7.98. The Kier molecular flexibility index (Phi) is 4.45. The van der Waals surface area contributed by atoms with E-state index in [0.29, 0.717) is 40.1 Å². The van der Waals surface area contributed by atoms with E-state index in [1.54, 1.807) is 11.8 Å². The monoisotopic (exact) mass is 336 g/mol. The molecule has 0 amide bonds. The Hall–Kier alpha value is -1.46. The van der Waals surface area contributed by atoms with Gasteiger partial charge >= 0.3 is 0 Å². The summed E-state index contributed by atoms with van der Waals surface area (Å²) >= 11 is 8.00. The smallest absolute Gasteiger partial charge is 0.200 e. The van der Waals surface area contributed by atoms with Crippen molar-refractivity contribution >= 4 is 34.8 Å². The van der Waals surface area contributed by atoms with E-state index in [0.717, 1.165) is 17.7 Å². The van der Waals surface area contributed by atoms with Crippen molar-refractivity contribution in [2.24, 2.45) is 0 Å². The third-order valence-electron chi connectivity index (χ3n) is 3.72. The van der Waals surface area contributed by atoms with E-state index in [1.165, 1.54) is 6.20 Å². The molecule has 0 aliphatic heterocycles. The minimum absolute atomic E-state index is 0.0892. The second-order valence-corrected chi connectivity index (χ2v) is 6.47. The van der Waals surface area contributed by atoms with Gasteiger partial charge < -0.3 is 9.84 Å². The van der Waals surface area contributed by atoms with Crippen molar-refractivity contribution in [1.82, 2.24) is 5.16 Å². The van der Waals surface area contributed by atoms with E-state index in [-0.39, 0.29) is 5.78 Å². The summed E-state index contributed by atoms with van der Waals surface area (Å²) in [5, 5.41) is 7.61. The standard InChI is InChI=1S/C16H17ClN2O2S/c1-3-18-14-10(6-7-12(22-2)13(14)17)15(20)11-8-19-21-16(11)9-4-5-9/h6-9,18H,3-5H2,1-2H3. The van der Waals surface area contributed by atoms with Crippen LogP contribution in [0.2, 0.25) is 5.02 Å². The average molecular weight is 337 g/mol. The fourth-order valence-electron chi connectivity index (χ4n) is 2.46. The Labute approximate surface area is 138 Å². The lowest BCUT2D eigenvalue weighted by molar-refractivity contribution is 0.103. The summed E-state index contributed by atoms with van der Waals surface area (Å²) in [6.07, 6.45) is 5.59. The lowest BCUT2D eigenvalue weighted by Gasteiger charge is -2.14. The molecule has 4 nitrogen and oxygen atoms in total. The van der Waals surface area contributed by atoms with Crippen molar-refractivity contribution in [2.75, 3.05) is 18.1 Å². The predicted molar refractivity (Wildman–Crippen MR) is 89.3 cm³/mol. The summed E-state index contributed by atoms with van der Waals surface area (Å²) in [7, 11) is 0. The van der Waals surface area contributed by atoms with Crippen LogP contribution in [0.5, 0.6) is 0 Å². The molecule has 2 aromatic rings. The predicted octanol–water partition coefficient (Wildman–Crippen LogP) is 4.59. The molecule has 1 aliphatic rings. The molecule has 1 N–H and O–H groups in total. The van der Waals surface area contributed by atoms with Gasteiger partial charge in [0.15, 0.2) is 11.5 Å². The van der Waals surface area contributed by atoms with Crippen LogP contribution < -0.4 is 5.32 Å². The SMILES string of the molecule is CCNc1c(C(=O)c2cnoc2C2CC2)ccc(SC)c1Cl. The van der Waals surface area contributed by atoms with Gasteiger partial charge in [0.25, 0.3) is 0 Å². The molecular formula is C16H17ClN2O2S. The third-order valence-corrected chi connectivity index (χ3v) is 5.00. The molecule has 116 valence electrons. The van der Waals surface area contributed by atoms with Gasteiger partial charge in [0.1, 0.15) is 0 Å². The number of ketones is 1. The topological polar surface area (TPSA) is 55.1 Å². The van der Waals surface area contributed by atoms with Crippen LogP contribution >= 0.6 is 23.4 Å². The Bertz CT molecular complexity index is 710. The first-order chi connectivity index (χ1) is 10.7. The number of anilines is 1. The number of benzene rings is 1. The van der Waals surface area contributed by atoms with Crippen LogP contribution in [0.3, 0.4) is 0 Å². The zero-order chi connectivity index (χ0) is 15.7. The molecule has 1 aromatic carbocycles. The van der Waals surface area contributed by atoms with Crippen molar-refractivity contribution < 1.29 is 9.32 Å². The summed E-state index contributed by atoms with van der Waals surface area (Å²) in [5.74, 6) is 0.955. The maximum Gasteiger partial charge on any atom is 0.200 e. The van der Waals surface area contributed by atoms with Crippen LogP contribution in [-0.2, 0) is 0 Å². The Morgan fingerprint density at radius 1 is 1.45 bits per heavy atom. The number of carbonyl (C=O) groups excluding carboxylic acids is 1. The lowest BCUT2D eigenvalue weighted by Crippen LogP contribution is -2.09. The van der Waals surface area contributed by atoms with Gasteiger partial charge in [0, 0.05) is 22.9 Å². The van der Waals surface area contributed by atoms with E-state index in [9.17, 15) is 4.79 Å². The molecule has 0 spiro atoms. The molecule has 1 fully saturated rings. The van der Waals surface area contributed by atoms with Crippen molar-refractivity contribution in [3.05, 3.63) is 40.2 Å². The molecule has 1 aromatic heterocycles. The number of hydrogen-bond donors (Lipinski definition) is 1. The molecule has 1 saturated carbocycles. The summed E-state index contributed by atoms with van der Waals surface area (Å²) in [6, 6.07) is 3.70. The fraction of sp³-hybridized carbons (Fsp3) is 0.375. The van der Waals surface area contributed by atoms with Crippen molar-refractivity contribution in [2.45, 2.75) is 30.6 Å². The highest BCUT2D eigenvalue weighted by Crippen LogP contribution is 2.43. The minimum atomic E-state index is -0.0892. The molecule has 0 saturated heterocycles. The molecule has 0 unspecified atom stereocenters. The summed E-state index contributed by atoms with van der Waals surface area (Å²) in [4.78, 5) is 13.8. The number of aromatic nitrogens is 1. The largest absolute Gasteiger partial charge is 0.383 e. The van der Waals surface area contributed by atoms with E-state index >= 15 is 0 Å². The average Bonchev–Trinajstić information content (AvgIpc) is 3.25. The van der Waals surface area contributed by atoms with Gasteiger partial charge in [-0.05, 0) is 38.2 Å². The minimum Gasteiger partial charge on any atom is -0.383 e. The van der Waals surface area contributed by atoms with E-state index in [2.05, 4.69) is 10.5 Å². The quantitative estimate of drug-likeness (QED) is 0.617. The molecule has 6 heteroatoms. The summed E-state index contributed by atoms with van der Waals surface area (Å²) < 4.78 is 5.28. The van der Waals surface area contributed by atoms with E-state index in [4.69, 9.17) is 16.1 Å². The maximum absolute atomic E-state index is 12.9. The zero-order valence-electron chi connectivity index (χ0n) is 12.5. The van der Waals surface area contributed by atoms with Gasteiger partial charge in [0.05, 0.1) is 22.5 Å². The number of thioether (sulfide) groups is 1. The second kappa shape index (κ2) is 6.34.